The highest BCUT2D eigenvalue weighted by Crippen LogP contribution is 2.39. The zero-order valence-corrected chi connectivity index (χ0v) is 12.8. The number of carbonyl (C=O) groups excluding carboxylic acids is 1. The number of methoxy groups -OCH3 is 1. The molecule has 2 aromatic rings. The van der Waals surface area contributed by atoms with Crippen molar-refractivity contribution in [2.24, 2.45) is 0 Å². The van der Waals surface area contributed by atoms with Crippen LogP contribution < -0.4 is 0 Å². The van der Waals surface area contributed by atoms with Crippen molar-refractivity contribution in [3.05, 3.63) is 70.5 Å². The van der Waals surface area contributed by atoms with Gasteiger partial charge >= 0.3 is 5.97 Å². The van der Waals surface area contributed by atoms with Gasteiger partial charge in [0.2, 0.25) is 0 Å². The Morgan fingerprint density at radius 1 is 1.13 bits per heavy atom. The zero-order valence-electron chi connectivity index (χ0n) is 12.0. The van der Waals surface area contributed by atoms with Crippen molar-refractivity contribution >= 4 is 23.3 Å². The highest BCUT2D eigenvalue weighted by molar-refractivity contribution is 7.99. The summed E-state index contributed by atoms with van der Waals surface area (Å²) in [6.07, 6.45) is 1.66. The number of thioether (sulfide) groups is 1. The number of hydrogen-bond donors (Lipinski definition) is 0. The molecule has 1 heterocycles. The fourth-order valence-electron chi connectivity index (χ4n) is 2.47. The van der Waals surface area contributed by atoms with E-state index in [0.717, 1.165) is 4.90 Å². The van der Waals surface area contributed by atoms with Crippen LogP contribution in [0, 0.1) is 17.5 Å². The van der Waals surface area contributed by atoms with Crippen molar-refractivity contribution in [1.29, 1.82) is 0 Å². The van der Waals surface area contributed by atoms with E-state index < -0.39 is 23.4 Å². The van der Waals surface area contributed by atoms with E-state index in [0.29, 0.717) is 29.0 Å². The van der Waals surface area contributed by atoms with Crippen LogP contribution in [0.15, 0.2) is 41.3 Å². The van der Waals surface area contributed by atoms with Crippen LogP contribution in [-0.2, 0) is 4.74 Å². The molecule has 0 saturated carbocycles. The summed E-state index contributed by atoms with van der Waals surface area (Å²) < 4.78 is 46.0. The van der Waals surface area contributed by atoms with E-state index in [1.807, 2.05) is 0 Å². The number of carbonyl (C=O) groups is 1. The maximum Gasteiger partial charge on any atom is 0.337 e. The number of esters is 1. The van der Waals surface area contributed by atoms with Gasteiger partial charge in [0.25, 0.3) is 0 Å². The lowest BCUT2D eigenvalue weighted by Crippen LogP contribution is -2.06. The molecule has 2 nitrogen and oxygen atoms in total. The van der Waals surface area contributed by atoms with Gasteiger partial charge in [-0.05, 0) is 29.3 Å². The molecular weight excluding hydrogens is 325 g/mol. The van der Waals surface area contributed by atoms with Crippen LogP contribution in [-0.4, -0.2) is 18.8 Å². The van der Waals surface area contributed by atoms with Gasteiger partial charge in [-0.15, -0.1) is 11.8 Å². The fourth-order valence-corrected chi connectivity index (χ4v) is 3.39. The molecule has 6 heteroatoms. The molecule has 0 amide bonds. The second kappa shape index (κ2) is 6.12. The predicted molar refractivity (Wildman–Crippen MR) is 81.9 cm³/mol. The minimum Gasteiger partial charge on any atom is -0.465 e. The number of ether oxygens (including phenoxy) is 1. The Bertz CT molecular complexity index is 808. The molecule has 0 unspecified atom stereocenters. The molecule has 0 aliphatic carbocycles. The molecule has 23 heavy (non-hydrogen) atoms. The molecule has 0 aromatic heterocycles. The molecule has 3 rings (SSSR count). The summed E-state index contributed by atoms with van der Waals surface area (Å²) in [6.45, 7) is 0. The number of benzene rings is 2. The first kappa shape index (κ1) is 15.7. The van der Waals surface area contributed by atoms with Crippen LogP contribution in [0.1, 0.15) is 21.5 Å². The van der Waals surface area contributed by atoms with Gasteiger partial charge in [-0.2, -0.15) is 0 Å². The molecule has 0 saturated heterocycles. The lowest BCUT2D eigenvalue weighted by Gasteiger charge is -2.19. The smallest absolute Gasteiger partial charge is 0.337 e. The number of halogens is 3. The van der Waals surface area contributed by atoms with Crippen molar-refractivity contribution in [3.63, 3.8) is 0 Å². The largest absolute Gasteiger partial charge is 0.465 e. The van der Waals surface area contributed by atoms with Gasteiger partial charge in [-0.25, -0.2) is 18.0 Å². The topological polar surface area (TPSA) is 26.3 Å². The summed E-state index contributed by atoms with van der Waals surface area (Å²) in [4.78, 5) is 12.5. The molecule has 0 bridgehead atoms. The number of rotatable bonds is 2. The molecule has 1 aliphatic rings. The van der Waals surface area contributed by atoms with Crippen molar-refractivity contribution < 1.29 is 22.7 Å². The monoisotopic (exact) mass is 336 g/mol. The lowest BCUT2D eigenvalue weighted by atomic mass is 9.95. The highest BCUT2D eigenvalue weighted by atomic mass is 32.2. The average molecular weight is 336 g/mol. The Hall–Kier alpha value is -2.21. The standard InChI is InChI=1S/C17H11F3O2S/c1-22-17(21)9-2-3-15-12(6-9)11(4-5-23-15)16-13(19)7-10(18)8-14(16)20/h2-4,6-8H,5H2,1H3. The summed E-state index contributed by atoms with van der Waals surface area (Å²) in [5.41, 5.74) is 0.811. The summed E-state index contributed by atoms with van der Waals surface area (Å²) in [7, 11) is 1.26. The summed E-state index contributed by atoms with van der Waals surface area (Å²) in [5.74, 6) is -2.94. The molecule has 0 fully saturated rings. The number of hydrogen-bond acceptors (Lipinski definition) is 3. The van der Waals surface area contributed by atoms with E-state index in [9.17, 15) is 18.0 Å². The Labute approximate surface area is 135 Å². The van der Waals surface area contributed by atoms with Crippen LogP contribution in [0.2, 0.25) is 0 Å². The first-order valence-corrected chi connectivity index (χ1v) is 7.70. The lowest BCUT2D eigenvalue weighted by molar-refractivity contribution is 0.0600. The van der Waals surface area contributed by atoms with E-state index in [-0.39, 0.29) is 11.1 Å². The molecule has 118 valence electrons. The van der Waals surface area contributed by atoms with E-state index in [1.54, 1.807) is 18.2 Å². The molecular formula is C17H11F3O2S. The van der Waals surface area contributed by atoms with Crippen LogP contribution in [0.3, 0.4) is 0 Å². The van der Waals surface area contributed by atoms with Gasteiger partial charge < -0.3 is 4.74 Å². The summed E-state index contributed by atoms with van der Waals surface area (Å²) >= 11 is 1.48. The van der Waals surface area contributed by atoms with Gasteiger partial charge in [-0.3, -0.25) is 0 Å². The maximum absolute atomic E-state index is 14.1. The van der Waals surface area contributed by atoms with E-state index in [1.165, 1.54) is 24.9 Å². The fraction of sp³-hybridized carbons (Fsp3) is 0.118. The van der Waals surface area contributed by atoms with Crippen LogP contribution in [0.5, 0.6) is 0 Å². The normalized spacial score (nSPS) is 13.3. The third kappa shape index (κ3) is 2.86. The molecule has 0 radical (unpaired) electrons. The van der Waals surface area contributed by atoms with E-state index in [4.69, 9.17) is 0 Å². The number of fused-ring (bicyclic) bond motifs is 1. The molecule has 0 spiro atoms. The van der Waals surface area contributed by atoms with Gasteiger partial charge in [0.05, 0.1) is 18.2 Å². The Balaban J connectivity index is 2.17. The maximum atomic E-state index is 14.1. The SMILES string of the molecule is COC(=O)c1ccc2c(c1)C(c1c(F)cc(F)cc1F)=CCS2. The second-order valence-electron chi connectivity index (χ2n) is 4.88. The third-order valence-corrected chi connectivity index (χ3v) is 4.49. The predicted octanol–water partition coefficient (Wildman–Crippen LogP) is 4.43. The Kier molecular flexibility index (Phi) is 4.17. The zero-order chi connectivity index (χ0) is 16.6. The Morgan fingerprint density at radius 2 is 1.83 bits per heavy atom. The van der Waals surface area contributed by atoms with Crippen molar-refractivity contribution in [2.45, 2.75) is 4.90 Å². The third-order valence-electron chi connectivity index (χ3n) is 3.49. The molecule has 0 N–H and O–H groups in total. The van der Waals surface area contributed by atoms with Crippen molar-refractivity contribution in [2.75, 3.05) is 12.9 Å². The van der Waals surface area contributed by atoms with Gasteiger partial charge in [0.1, 0.15) is 17.5 Å². The van der Waals surface area contributed by atoms with Gasteiger partial charge in [0, 0.05) is 22.8 Å². The van der Waals surface area contributed by atoms with Crippen LogP contribution in [0.25, 0.3) is 5.57 Å². The highest BCUT2D eigenvalue weighted by Gasteiger charge is 2.23. The quantitative estimate of drug-likeness (QED) is 0.759. The van der Waals surface area contributed by atoms with Gasteiger partial charge in [0.15, 0.2) is 0 Å². The second-order valence-corrected chi connectivity index (χ2v) is 5.94. The summed E-state index contributed by atoms with van der Waals surface area (Å²) in [5, 5.41) is 0. The summed E-state index contributed by atoms with van der Waals surface area (Å²) in [6, 6.07) is 6.12. The minimum absolute atomic E-state index is 0.280. The Morgan fingerprint density at radius 3 is 2.48 bits per heavy atom. The van der Waals surface area contributed by atoms with Crippen molar-refractivity contribution in [1.82, 2.24) is 0 Å². The van der Waals surface area contributed by atoms with E-state index >= 15 is 0 Å². The minimum atomic E-state index is -0.977. The molecule has 0 atom stereocenters. The van der Waals surface area contributed by atoms with Crippen LogP contribution >= 0.6 is 11.8 Å². The van der Waals surface area contributed by atoms with Gasteiger partial charge in [-0.1, -0.05) is 6.08 Å². The molecule has 2 aromatic carbocycles. The van der Waals surface area contributed by atoms with E-state index in [2.05, 4.69) is 4.74 Å². The average Bonchev–Trinajstić information content (AvgIpc) is 2.53. The van der Waals surface area contributed by atoms with Crippen molar-refractivity contribution in [3.8, 4) is 0 Å². The first-order chi connectivity index (χ1) is 11.0. The van der Waals surface area contributed by atoms with Crippen LogP contribution in [0.4, 0.5) is 13.2 Å². The molecule has 1 aliphatic heterocycles. The first-order valence-electron chi connectivity index (χ1n) is 6.72.